The van der Waals surface area contributed by atoms with Crippen molar-refractivity contribution in [3.8, 4) is 0 Å². The molecule has 124 valence electrons. The minimum atomic E-state index is -0.456. The third kappa shape index (κ3) is 6.41. The Labute approximate surface area is 141 Å². The van der Waals surface area contributed by atoms with Gasteiger partial charge in [-0.05, 0) is 30.5 Å². The summed E-state index contributed by atoms with van der Waals surface area (Å²) in [6.07, 6.45) is 2.77. The molecule has 0 spiro atoms. The molecule has 1 heterocycles. The van der Waals surface area contributed by atoms with E-state index in [4.69, 9.17) is 32.7 Å². The maximum atomic E-state index is 9.87. The second kappa shape index (κ2) is 9.71. The second-order valence-electron chi connectivity index (χ2n) is 5.63. The molecule has 2 rings (SSSR count). The third-order valence-electron chi connectivity index (χ3n) is 3.71. The maximum Gasteiger partial charge on any atom is 0.126 e. The van der Waals surface area contributed by atoms with E-state index in [-0.39, 0.29) is 6.10 Å². The van der Waals surface area contributed by atoms with Gasteiger partial charge in [0.25, 0.3) is 0 Å². The molecule has 2 atom stereocenters. The summed E-state index contributed by atoms with van der Waals surface area (Å²) in [6.45, 7) is 3.26. The van der Waals surface area contributed by atoms with Crippen molar-refractivity contribution in [2.24, 2.45) is 0 Å². The fourth-order valence-corrected chi connectivity index (χ4v) is 2.97. The van der Waals surface area contributed by atoms with Gasteiger partial charge >= 0.3 is 0 Å². The van der Waals surface area contributed by atoms with Gasteiger partial charge in [-0.2, -0.15) is 0 Å². The highest BCUT2D eigenvalue weighted by Crippen LogP contribution is 2.20. The van der Waals surface area contributed by atoms with Crippen molar-refractivity contribution in [3.05, 3.63) is 33.8 Å². The van der Waals surface area contributed by atoms with Gasteiger partial charge in [0.1, 0.15) is 12.6 Å². The molecule has 1 aromatic rings. The number of aliphatic hydroxyl groups excluding tert-OH is 1. The molecule has 1 aliphatic rings. The van der Waals surface area contributed by atoms with E-state index in [0.717, 1.165) is 38.0 Å². The fourth-order valence-electron chi connectivity index (χ4n) is 2.47. The van der Waals surface area contributed by atoms with Gasteiger partial charge < -0.3 is 19.9 Å². The predicted molar refractivity (Wildman–Crippen MR) is 87.6 cm³/mol. The monoisotopic (exact) mass is 348 g/mol. The number of halogens is 2. The van der Waals surface area contributed by atoms with E-state index in [1.54, 1.807) is 6.07 Å². The Bertz CT molecular complexity index is 453. The number of nitrogens with two attached hydrogens (primary N) is 1. The summed E-state index contributed by atoms with van der Waals surface area (Å²) in [5.41, 5.74) is 1.08. The lowest BCUT2D eigenvalue weighted by atomic mass is 10.1. The van der Waals surface area contributed by atoms with Gasteiger partial charge in [0.05, 0.1) is 25.9 Å². The molecule has 0 radical (unpaired) electrons. The minimum Gasteiger partial charge on any atom is -0.385 e. The first-order chi connectivity index (χ1) is 10.6. The van der Waals surface area contributed by atoms with Crippen LogP contribution in [0.5, 0.6) is 0 Å². The van der Waals surface area contributed by atoms with Crippen molar-refractivity contribution >= 4 is 23.2 Å². The molecule has 3 N–H and O–H groups in total. The number of benzene rings is 1. The van der Waals surface area contributed by atoms with E-state index >= 15 is 0 Å². The Kier molecular flexibility index (Phi) is 7.94. The molecule has 22 heavy (non-hydrogen) atoms. The van der Waals surface area contributed by atoms with E-state index in [9.17, 15) is 5.11 Å². The summed E-state index contributed by atoms with van der Waals surface area (Å²) < 4.78 is 11.0. The second-order valence-corrected chi connectivity index (χ2v) is 6.47. The van der Waals surface area contributed by atoms with Crippen molar-refractivity contribution < 1.29 is 19.9 Å². The molecule has 1 aliphatic heterocycles. The summed E-state index contributed by atoms with van der Waals surface area (Å²) in [4.78, 5) is 0. The van der Waals surface area contributed by atoms with Gasteiger partial charge in [0.2, 0.25) is 0 Å². The van der Waals surface area contributed by atoms with Crippen LogP contribution in [-0.2, 0) is 15.9 Å². The van der Waals surface area contributed by atoms with E-state index in [1.165, 1.54) is 0 Å². The number of quaternary nitrogens is 1. The Morgan fingerprint density at radius 3 is 3.00 bits per heavy atom. The zero-order chi connectivity index (χ0) is 15.8. The van der Waals surface area contributed by atoms with Crippen molar-refractivity contribution in [2.75, 3.05) is 32.9 Å². The molecule has 1 aromatic carbocycles. The van der Waals surface area contributed by atoms with Crippen LogP contribution >= 0.6 is 23.2 Å². The molecule has 0 unspecified atom stereocenters. The van der Waals surface area contributed by atoms with Gasteiger partial charge in [-0.15, -0.1) is 0 Å². The van der Waals surface area contributed by atoms with Crippen molar-refractivity contribution in [1.29, 1.82) is 0 Å². The van der Waals surface area contributed by atoms with Crippen molar-refractivity contribution in [3.63, 3.8) is 0 Å². The van der Waals surface area contributed by atoms with Gasteiger partial charge in [0.15, 0.2) is 0 Å². The number of rotatable bonds is 9. The normalized spacial score (nSPS) is 19.5. The van der Waals surface area contributed by atoms with Crippen LogP contribution in [0.25, 0.3) is 0 Å². The highest BCUT2D eigenvalue weighted by atomic mass is 35.5. The smallest absolute Gasteiger partial charge is 0.126 e. The molecule has 6 heteroatoms. The van der Waals surface area contributed by atoms with Crippen LogP contribution in [-0.4, -0.2) is 50.2 Å². The number of ether oxygens (including phenoxy) is 2. The van der Waals surface area contributed by atoms with Crippen LogP contribution < -0.4 is 5.32 Å². The van der Waals surface area contributed by atoms with Crippen LogP contribution in [0.1, 0.15) is 18.4 Å². The Balaban J connectivity index is 1.53. The molecular formula is C16H24Cl2NO3+. The molecule has 0 amide bonds. The SMILES string of the molecule is O[C@H](C[NH2+]CCc1ccc(Cl)cc1Cl)COC[C@H]1CCCO1. The summed E-state index contributed by atoms with van der Waals surface area (Å²) in [5, 5.41) is 13.3. The summed E-state index contributed by atoms with van der Waals surface area (Å²) in [5.74, 6) is 0. The number of hydrogen-bond acceptors (Lipinski definition) is 3. The summed E-state index contributed by atoms with van der Waals surface area (Å²) in [7, 11) is 0. The molecular weight excluding hydrogens is 325 g/mol. The van der Waals surface area contributed by atoms with Crippen LogP contribution in [0.2, 0.25) is 10.0 Å². The zero-order valence-corrected chi connectivity index (χ0v) is 14.2. The molecule has 0 bridgehead atoms. The van der Waals surface area contributed by atoms with Crippen molar-refractivity contribution in [2.45, 2.75) is 31.5 Å². The molecule has 0 aliphatic carbocycles. The van der Waals surface area contributed by atoms with E-state index < -0.39 is 6.10 Å². The number of hydrogen-bond donors (Lipinski definition) is 2. The van der Waals surface area contributed by atoms with Crippen LogP contribution in [0.3, 0.4) is 0 Å². The highest BCUT2D eigenvalue weighted by Gasteiger charge is 2.16. The van der Waals surface area contributed by atoms with E-state index in [1.807, 2.05) is 12.1 Å². The van der Waals surface area contributed by atoms with Gasteiger partial charge in [-0.1, -0.05) is 29.3 Å². The molecule has 4 nitrogen and oxygen atoms in total. The van der Waals surface area contributed by atoms with Crippen LogP contribution in [0.4, 0.5) is 0 Å². The molecule has 0 aromatic heterocycles. The number of aliphatic hydroxyl groups is 1. The topological polar surface area (TPSA) is 55.3 Å². The van der Waals surface area contributed by atoms with Gasteiger partial charge in [-0.3, -0.25) is 0 Å². The molecule has 1 fully saturated rings. The first-order valence-electron chi connectivity index (χ1n) is 7.78. The maximum absolute atomic E-state index is 9.87. The minimum absolute atomic E-state index is 0.211. The molecule has 0 saturated carbocycles. The standard InChI is InChI=1S/C16H23Cl2NO3/c17-13-4-3-12(16(18)8-13)5-6-19-9-14(20)10-21-11-15-2-1-7-22-15/h3-4,8,14-15,19-20H,1-2,5-7,9-11H2/p+1/t14-,15-/m1/s1. The molecule has 1 saturated heterocycles. The Hall–Kier alpha value is -0.360. The Morgan fingerprint density at radius 2 is 2.27 bits per heavy atom. The fraction of sp³-hybridized carbons (Fsp3) is 0.625. The predicted octanol–water partition coefficient (Wildman–Crippen LogP) is 1.66. The van der Waals surface area contributed by atoms with E-state index in [0.29, 0.717) is 29.8 Å². The third-order valence-corrected chi connectivity index (χ3v) is 4.30. The summed E-state index contributed by atoms with van der Waals surface area (Å²) >= 11 is 12.0. The summed E-state index contributed by atoms with van der Waals surface area (Å²) in [6, 6.07) is 5.54. The quantitative estimate of drug-likeness (QED) is 0.667. The first-order valence-corrected chi connectivity index (χ1v) is 8.53. The van der Waals surface area contributed by atoms with Crippen LogP contribution in [0.15, 0.2) is 18.2 Å². The van der Waals surface area contributed by atoms with Crippen molar-refractivity contribution in [1.82, 2.24) is 0 Å². The lowest BCUT2D eigenvalue weighted by Crippen LogP contribution is -2.87. The van der Waals surface area contributed by atoms with Gasteiger partial charge in [-0.25, -0.2) is 0 Å². The first kappa shape index (κ1) is 18.0. The van der Waals surface area contributed by atoms with E-state index in [2.05, 4.69) is 5.32 Å². The average molecular weight is 349 g/mol. The zero-order valence-electron chi connectivity index (χ0n) is 12.6. The van der Waals surface area contributed by atoms with Crippen LogP contribution in [0, 0.1) is 0 Å². The lowest BCUT2D eigenvalue weighted by molar-refractivity contribution is -0.660. The van der Waals surface area contributed by atoms with Gasteiger partial charge in [0, 0.05) is 23.1 Å². The largest absolute Gasteiger partial charge is 0.385 e. The average Bonchev–Trinajstić information content (AvgIpc) is 2.99. The highest BCUT2D eigenvalue weighted by molar-refractivity contribution is 6.35. The lowest BCUT2D eigenvalue weighted by Gasteiger charge is -2.13. The Morgan fingerprint density at radius 1 is 1.41 bits per heavy atom.